The molecule has 0 aromatic rings. The van der Waals surface area contributed by atoms with Gasteiger partial charge in [0.2, 0.25) is 0 Å². The van der Waals surface area contributed by atoms with Crippen molar-refractivity contribution in [2.75, 3.05) is 0 Å². The average Bonchev–Trinajstić information content (AvgIpc) is 2.80. The summed E-state index contributed by atoms with van der Waals surface area (Å²) >= 11 is -2.53. The van der Waals surface area contributed by atoms with Crippen molar-refractivity contribution < 1.29 is 20.8 Å². The van der Waals surface area contributed by atoms with Gasteiger partial charge in [-0.3, -0.25) is 0 Å². The number of allylic oxidation sites excluding steroid dienone is 8. The molecule has 2 heterocycles. The van der Waals surface area contributed by atoms with Crippen LogP contribution in [-0.2, 0) is 20.8 Å². The Morgan fingerprint density at radius 2 is 0.652 bits per heavy atom. The molecule has 0 aromatic carbocycles. The first-order chi connectivity index (χ1) is 10.5. The Bertz CT molecular complexity index is 474. The molecule has 0 nitrogen and oxygen atoms in total. The quantitative estimate of drug-likeness (QED) is 0.280. The first kappa shape index (κ1) is 24.5. The van der Waals surface area contributed by atoms with E-state index in [4.69, 9.17) is 17.0 Å². The van der Waals surface area contributed by atoms with E-state index in [0.717, 1.165) is 0 Å². The Labute approximate surface area is 171 Å². The Morgan fingerprint density at radius 1 is 0.522 bits per heavy atom. The van der Waals surface area contributed by atoms with Gasteiger partial charge in [-0.2, -0.15) is 0 Å². The zero-order valence-corrected chi connectivity index (χ0v) is 24.4. The Morgan fingerprint density at radius 3 is 0.696 bits per heavy atom. The zero-order valence-electron chi connectivity index (χ0n) is 16.3. The van der Waals surface area contributed by atoms with E-state index in [0.29, 0.717) is 0 Å². The molecule has 128 valence electrons. The topological polar surface area (TPSA) is 0 Å². The number of halogens is 2. The molecule has 0 aromatic heterocycles. The summed E-state index contributed by atoms with van der Waals surface area (Å²) in [5.41, 5.74) is 6.31. The Balaban J connectivity index is 0.000000360. The van der Waals surface area contributed by atoms with Crippen LogP contribution in [-0.4, -0.2) is 28.7 Å². The summed E-state index contributed by atoms with van der Waals surface area (Å²) in [5.74, 6) is 4.90. The van der Waals surface area contributed by atoms with Crippen molar-refractivity contribution in [3.63, 3.8) is 0 Å². The summed E-state index contributed by atoms with van der Waals surface area (Å²) in [6.45, 7) is 18.3. The predicted molar refractivity (Wildman–Crippen MR) is 108 cm³/mol. The van der Waals surface area contributed by atoms with Crippen molar-refractivity contribution >= 4 is 45.7 Å². The predicted octanol–water partition coefficient (Wildman–Crippen LogP) is 7.13. The molecule has 0 saturated heterocycles. The van der Waals surface area contributed by atoms with Gasteiger partial charge in [0.15, 0.2) is 0 Å². The summed E-state index contributed by atoms with van der Waals surface area (Å²) < 4.78 is 6.87. The van der Waals surface area contributed by atoms with Gasteiger partial charge < -0.3 is 0 Å². The van der Waals surface area contributed by atoms with Gasteiger partial charge in [0, 0.05) is 0 Å². The molecule has 0 spiro atoms. The Kier molecular flexibility index (Phi) is 12.0. The van der Waals surface area contributed by atoms with Crippen LogP contribution in [0.3, 0.4) is 0 Å². The van der Waals surface area contributed by atoms with Crippen LogP contribution in [0.4, 0.5) is 0 Å². The van der Waals surface area contributed by atoms with Gasteiger partial charge in [0.05, 0.1) is 0 Å². The normalized spacial score (nSPS) is 19.1. The van der Waals surface area contributed by atoms with Gasteiger partial charge in [-0.05, 0) is 0 Å². The van der Waals surface area contributed by atoms with E-state index in [-0.39, 0.29) is 0 Å². The zero-order chi connectivity index (χ0) is 18.5. The van der Waals surface area contributed by atoms with E-state index in [9.17, 15) is 0 Å². The molecule has 23 heavy (non-hydrogen) atoms. The summed E-state index contributed by atoms with van der Waals surface area (Å²) in [7, 11) is 9.87. The number of rotatable bonds is 0. The fourth-order valence-corrected chi connectivity index (χ4v) is 11.5. The van der Waals surface area contributed by atoms with E-state index in [1.807, 2.05) is 0 Å². The monoisotopic (exact) mass is 554 g/mol. The van der Waals surface area contributed by atoms with Crippen LogP contribution in [0.15, 0.2) is 39.9 Å². The molecule has 2 radical (unpaired) electrons. The maximum atomic E-state index is 4.93. The summed E-state index contributed by atoms with van der Waals surface area (Å²) in [6, 6.07) is 0. The first-order valence-electron chi connectivity index (χ1n) is 7.88. The second-order valence-electron chi connectivity index (χ2n) is 6.32. The van der Waals surface area contributed by atoms with Crippen LogP contribution >= 0.6 is 17.0 Å². The van der Waals surface area contributed by atoms with Crippen LogP contribution in [0, 0.1) is 0 Å². The molecule has 5 heteroatoms. The maximum absolute atomic E-state index is 4.93. The van der Waals surface area contributed by atoms with Crippen molar-refractivity contribution in [1.29, 1.82) is 0 Å². The van der Waals surface area contributed by atoms with Crippen LogP contribution in [0.1, 0.15) is 55.4 Å². The van der Waals surface area contributed by atoms with E-state index in [2.05, 4.69) is 66.9 Å². The minimum absolute atomic E-state index is 0.826. The molecule has 2 rings (SSSR count). The molecule has 2 aliphatic heterocycles. The van der Waals surface area contributed by atoms with Gasteiger partial charge >= 0.3 is 173 Å². The summed E-state index contributed by atoms with van der Waals surface area (Å²) in [4.78, 5) is 0. The van der Waals surface area contributed by atoms with Crippen molar-refractivity contribution in [2.24, 2.45) is 0 Å². The number of hydrogen-bond acceptors (Lipinski definition) is 0. The second-order valence-corrected chi connectivity index (χ2v) is 21.6. The van der Waals surface area contributed by atoms with E-state index < -0.39 is 49.5 Å². The molecule has 0 fully saturated rings. The van der Waals surface area contributed by atoms with Crippen LogP contribution in [0.2, 0.25) is 11.5 Å². The third-order valence-corrected chi connectivity index (χ3v) is 18.2. The van der Waals surface area contributed by atoms with E-state index in [1.54, 1.807) is 39.9 Å². The van der Waals surface area contributed by atoms with Crippen LogP contribution in [0.5, 0.6) is 0 Å². The van der Waals surface area contributed by atoms with Gasteiger partial charge in [-0.25, -0.2) is 0 Å². The molecule has 0 amide bonds. The average molecular weight is 554 g/mol. The molecule has 0 unspecified atom stereocenters. The van der Waals surface area contributed by atoms with Gasteiger partial charge in [-0.1, -0.05) is 0 Å². The minimum atomic E-state index is -0.852. The molecule has 0 atom stereocenters. The molecular weight excluding hydrogens is 524 g/mol. The van der Waals surface area contributed by atoms with Crippen molar-refractivity contribution in [1.82, 2.24) is 0 Å². The van der Waals surface area contributed by atoms with Crippen molar-refractivity contribution in [3.8, 4) is 0 Å². The molecule has 0 saturated carbocycles. The van der Waals surface area contributed by atoms with Gasteiger partial charge in [0.1, 0.15) is 0 Å². The third kappa shape index (κ3) is 6.31. The van der Waals surface area contributed by atoms with Gasteiger partial charge in [0.25, 0.3) is 0 Å². The Hall–Kier alpha value is 1.51. The van der Waals surface area contributed by atoms with Crippen LogP contribution in [0.25, 0.3) is 0 Å². The van der Waals surface area contributed by atoms with Gasteiger partial charge in [-0.15, -0.1) is 0 Å². The van der Waals surface area contributed by atoms with E-state index >= 15 is 0 Å². The first-order valence-corrected chi connectivity index (χ1v) is 22.6. The fraction of sp³-hybridized carbons (Fsp3) is 0.556. The molecule has 0 aliphatic carbocycles. The van der Waals surface area contributed by atoms with E-state index in [1.165, 1.54) is 0 Å². The fourth-order valence-electron chi connectivity index (χ4n) is 2.81. The SMILES string of the molecule is CC1=[C](C)[Ge]([CH3])[C](C)=C1C.CC1=[C](C)[Ge]([CH3])[C](C)=C1C.[Cl][Zr][Cl]. The summed E-state index contributed by atoms with van der Waals surface area (Å²) in [5, 5.41) is 0. The van der Waals surface area contributed by atoms with Crippen LogP contribution < -0.4 is 0 Å². The van der Waals surface area contributed by atoms with Crippen molar-refractivity contribution in [2.45, 2.75) is 66.9 Å². The molecular formula is C18H30Cl2Ge2Zr. The standard InChI is InChI=1S/2C9H15Ge.2ClH.Zr/c2*1-6-7(2)9(4)10(5)8(6)3;;;/h2*1-5H3;2*1H;/q;;;;+2/p-2. The van der Waals surface area contributed by atoms with Crippen molar-refractivity contribution in [3.05, 3.63) is 39.9 Å². The number of hydrogen-bond donors (Lipinski definition) is 0. The third-order valence-electron chi connectivity index (χ3n) is 5.62. The molecule has 0 N–H and O–H groups in total. The summed E-state index contributed by atoms with van der Waals surface area (Å²) in [6.07, 6.45) is 0. The molecule has 2 aliphatic rings. The molecule has 0 bridgehead atoms. The second kappa shape index (κ2) is 11.3.